The molecule has 102 valence electrons. The Kier molecular flexibility index (Phi) is 3.31. The molecule has 1 fully saturated rings. The lowest BCUT2D eigenvalue weighted by Crippen LogP contribution is -2.25. The maximum absolute atomic E-state index is 4.84. The second-order valence-electron chi connectivity index (χ2n) is 6.16. The highest BCUT2D eigenvalue weighted by Crippen LogP contribution is 2.29. The van der Waals surface area contributed by atoms with Crippen molar-refractivity contribution in [2.75, 3.05) is 19.6 Å². The molecule has 1 aliphatic heterocycles. The van der Waals surface area contributed by atoms with Gasteiger partial charge in [0.05, 0.1) is 11.0 Å². The number of fused-ring (bicyclic) bond motifs is 1. The molecule has 2 aromatic rings. The van der Waals surface area contributed by atoms with Gasteiger partial charge in [0, 0.05) is 26.1 Å². The minimum absolute atomic E-state index is 0.594. The lowest BCUT2D eigenvalue weighted by molar-refractivity contribution is 0.294. The molecule has 0 spiro atoms. The molecule has 0 unspecified atom stereocenters. The van der Waals surface area contributed by atoms with Gasteiger partial charge in [-0.1, -0.05) is 26.0 Å². The molecule has 1 atom stereocenters. The number of hydrogen-bond acceptors (Lipinski definition) is 2. The summed E-state index contributed by atoms with van der Waals surface area (Å²) in [6, 6.07) is 8.43. The van der Waals surface area contributed by atoms with Gasteiger partial charge in [-0.3, -0.25) is 0 Å². The zero-order valence-corrected chi connectivity index (χ0v) is 12.1. The number of rotatable bonds is 3. The zero-order chi connectivity index (χ0) is 13.4. The van der Waals surface area contributed by atoms with E-state index in [1.54, 1.807) is 0 Å². The van der Waals surface area contributed by atoms with E-state index in [-0.39, 0.29) is 0 Å². The fourth-order valence-electron chi connectivity index (χ4n) is 3.25. The molecule has 0 aliphatic carbocycles. The van der Waals surface area contributed by atoms with Crippen LogP contribution in [-0.4, -0.2) is 34.1 Å². The van der Waals surface area contributed by atoms with Crippen LogP contribution in [0.5, 0.6) is 0 Å². The van der Waals surface area contributed by atoms with Gasteiger partial charge in [0.1, 0.15) is 5.82 Å². The van der Waals surface area contributed by atoms with E-state index in [1.165, 1.54) is 30.9 Å². The number of aromatic nitrogens is 2. The van der Waals surface area contributed by atoms with Crippen molar-refractivity contribution in [2.24, 2.45) is 13.0 Å². The predicted octanol–water partition coefficient (Wildman–Crippen LogP) is 3.02. The Labute approximate surface area is 115 Å². The van der Waals surface area contributed by atoms with Crippen molar-refractivity contribution in [3.63, 3.8) is 0 Å². The normalized spacial score (nSPS) is 20.7. The van der Waals surface area contributed by atoms with Crippen LogP contribution in [0.25, 0.3) is 11.0 Å². The molecule has 0 radical (unpaired) electrons. The van der Waals surface area contributed by atoms with Crippen molar-refractivity contribution in [3.8, 4) is 0 Å². The molecule has 0 amide bonds. The fraction of sp³-hybridized carbons (Fsp3) is 0.562. The molecule has 1 aliphatic rings. The quantitative estimate of drug-likeness (QED) is 0.843. The second kappa shape index (κ2) is 4.97. The van der Waals surface area contributed by atoms with E-state index in [9.17, 15) is 0 Å². The summed E-state index contributed by atoms with van der Waals surface area (Å²) in [6.45, 7) is 8.17. The third-order valence-electron chi connectivity index (χ3n) is 4.08. The molecule has 1 aromatic carbocycles. The van der Waals surface area contributed by atoms with Crippen LogP contribution >= 0.6 is 0 Å². The van der Waals surface area contributed by atoms with Gasteiger partial charge in [-0.2, -0.15) is 0 Å². The zero-order valence-electron chi connectivity index (χ0n) is 12.1. The topological polar surface area (TPSA) is 21.1 Å². The van der Waals surface area contributed by atoms with E-state index in [4.69, 9.17) is 4.98 Å². The summed E-state index contributed by atoms with van der Waals surface area (Å²) in [5.74, 6) is 2.60. The molecular formula is C16H23N3. The Morgan fingerprint density at radius 1 is 1.32 bits per heavy atom. The summed E-state index contributed by atoms with van der Waals surface area (Å²) in [7, 11) is 2.15. The van der Waals surface area contributed by atoms with E-state index >= 15 is 0 Å². The van der Waals surface area contributed by atoms with Crippen molar-refractivity contribution < 1.29 is 0 Å². The van der Waals surface area contributed by atoms with Crippen LogP contribution in [0.4, 0.5) is 0 Å². The van der Waals surface area contributed by atoms with Crippen molar-refractivity contribution in [1.29, 1.82) is 0 Å². The minimum Gasteiger partial charge on any atom is -0.331 e. The van der Waals surface area contributed by atoms with Crippen molar-refractivity contribution >= 4 is 11.0 Å². The van der Waals surface area contributed by atoms with Gasteiger partial charge in [-0.05, 0) is 31.0 Å². The number of imidazole rings is 1. The van der Waals surface area contributed by atoms with Gasteiger partial charge in [0.25, 0.3) is 0 Å². The first-order chi connectivity index (χ1) is 9.15. The monoisotopic (exact) mass is 257 g/mol. The lowest BCUT2D eigenvalue weighted by Gasteiger charge is -2.18. The first-order valence-corrected chi connectivity index (χ1v) is 7.29. The number of aryl methyl sites for hydroxylation is 1. The highest BCUT2D eigenvalue weighted by atomic mass is 15.2. The average Bonchev–Trinajstić information content (AvgIpc) is 2.94. The average molecular weight is 257 g/mol. The van der Waals surface area contributed by atoms with Crippen molar-refractivity contribution in [3.05, 3.63) is 30.1 Å². The van der Waals surface area contributed by atoms with Crippen LogP contribution in [-0.2, 0) is 7.05 Å². The summed E-state index contributed by atoms with van der Waals surface area (Å²) in [6.07, 6.45) is 1.24. The molecule has 1 saturated heterocycles. The summed E-state index contributed by atoms with van der Waals surface area (Å²) in [4.78, 5) is 7.42. The number of benzene rings is 1. The highest BCUT2D eigenvalue weighted by Gasteiger charge is 2.27. The van der Waals surface area contributed by atoms with Gasteiger partial charge in [-0.25, -0.2) is 4.98 Å². The molecule has 1 aromatic heterocycles. The second-order valence-corrected chi connectivity index (χ2v) is 6.16. The molecule has 0 saturated carbocycles. The SMILES string of the molecule is CC(C)CN1CC[C@H](c2nc3ccccc3n2C)C1. The molecule has 3 rings (SSSR count). The summed E-state index contributed by atoms with van der Waals surface area (Å²) in [5.41, 5.74) is 2.38. The predicted molar refractivity (Wildman–Crippen MR) is 79.4 cm³/mol. The van der Waals surface area contributed by atoms with E-state index in [0.29, 0.717) is 5.92 Å². The Morgan fingerprint density at radius 3 is 2.84 bits per heavy atom. The van der Waals surface area contributed by atoms with E-state index in [2.05, 4.69) is 54.6 Å². The standard InChI is InChI=1S/C16H23N3/c1-12(2)10-19-9-8-13(11-19)16-17-14-6-4-5-7-15(14)18(16)3/h4-7,12-13H,8-11H2,1-3H3/t13-/m0/s1. The van der Waals surface area contributed by atoms with Crippen LogP contribution in [0.1, 0.15) is 32.0 Å². The summed E-state index contributed by atoms with van der Waals surface area (Å²) < 4.78 is 2.28. The van der Waals surface area contributed by atoms with Crippen LogP contribution in [0, 0.1) is 5.92 Å². The summed E-state index contributed by atoms with van der Waals surface area (Å²) >= 11 is 0. The van der Waals surface area contributed by atoms with E-state index in [1.807, 2.05) is 0 Å². The van der Waals surface area contributed by atoms with Crippen molar-refractivity contribution in [1.82, 2.24) is 14.5 Å². The molecule has 19 heavy (non-hydrogen) atoms. The summed E-state index contributed by atoms with van der Waals surface area (Å²) in [5, 5.41) is 0. The fourth-order valence-corrected chi connectivity index (χ4v) is 3.25. The Bertz CT molecular complexity index is 570. The molecule has 0 bridgehead atoms. The van der Waals surface area contributed by atoms with Crippen molar-refractivity contribution in [2.45, 2.75) is 26.2 Å². The smallest absolute Gasteiger partial charge is 0.114 e. The first-order valence-electron chi connectivity index (χ1n) is 7.29. The van der Waals surface area contributed by atoms with Gasteiger partial charge in [0.2, 0.25) is 0 Å². The molecule has 0 N–H and O–H groups in total. The Hall–Kier alpha value is -1.35. The lowest BCUT2D eigenvalue weighted by atomic mass is 10.1. The van der Waals surface area contributed by atoms with Crippen LogP contribution in [0.15, 0.2) is 24.3 Å². The maximum Gasteiger partial charge on any atom is 0.114 e. The minimum atomic E-state index is 0.594. The van der Waals surface area contributed by atoms with Crippen LogP contribution in [0.3, 0.4) is 0 Å². The Balaban J connectivity index is 1.83. The third kappa shape index (κ3) is 2.39. The molecular weight excluding hydrogens is 234 g/mol. The van der Waals surface area contributed by atoms with Gasteiger partial charge < -0.3 is 9.47 Å². The maximum atomic E-state index is 4.84. The van der Waals surface area contributed by atoms with Crippen LogP contribution < -0.4 is 0 Å². The molecule has 3 nitrogen and oxygen atoms in total. The molecule has 2 heterocycles. The molecule has 3 heteroatoms. The number of nitrogens with zero attached hydrogens (tertiary/aromatic N) is 3. The first kappa shape index (κ1) is 12.7. The highest BCUT2D eigenvalue weighted by molar-refractivity contribution is 5.75. The third-order valence-corrected chi connectivity index (χ3v) is 4.08. The Morgan fingerprint density at radius 2 is 2.11 bits per heavy atom. The van der Waals surface area contributed by atoms with E-state index in [0.717, 1.165) is 18.0 Å². The van der Waals surface area contributed by atoms with E-state index < -0.39 is 0 Å². The number of para-hydroxylation sites is 2. The van der Waals surface area contributed by atoms with Crippen LogP contribution in [0.2, 0.25) is 0 Å². The number of likely N-dealkylation sites (tertiary alicyclic amines) is 1. The largest absolute Gasteiger partial charge is 0.331 e. The van der Waals surface area contributed by atoms with Gasteiger partial charge in [0.15, 0.2) is 0 Å². The van der Waals surface area contributed by atoms with Gasteiger partial charge >= 0.3 is 0 Å². The number of hydrogen-bond donors (Lipinski definition) is 0. The van der Waals surface area contributed by atoms with Gasteiger partial charge in [-0.15, -0.1) is 0 Å².